The molecule has 5 heteroatoms. The molecular formula is C18H12ClFN2S. The van der Waals surface area contributed by atoms with E-state index in [4.69, 9.17) is 11.6 Å². The first-order valence-electron chi connectivity index (χ1n) is 7.16. The van der Waals surface area contributed by atoms with Crippen LogP contribution in [0.3, 0.4) is 0 Å². The summed E-state index contributed by atoms with van der Waals surface area (Å²) in [6.07, 6.45) is 4.58. The molecule has 0 radical (unpaired) electrons. The lowest BCUT2D eigenvalue weighted by Crippen LogP contribution is -1.89. The van der Waals surface area contributed by atoms with Gasteiger partial charge in [0.15, 0.2) is 4.96 Å². The summed E-state index contributed by atoms with van der Waals surface area (Å²) in [5.41, 5.74) is 2.64. The van der Waals surface area contributed by atoms with Crippen molar-refractivity contribution in [2.24, 2.45) is 0 Å². The van der Waals surface area contributed by atoms with Gasteiger partial charge in [-0.25, -0.2) is 9.37 Å². The van der Waals surface area contributed by atoms with Crippen LogP contribution in [0.1, 0.15) is 10.4 Å². The van der Waals surface area contributed by atoms with Crippen molar-refractivity contribution in [3.63, 3.8) is 0 Å². The van der Waals surface area contributed by atoms with Crippen LogP contribution in [-0.2, 0) is 6.42 Å². The first-order valence-corrected chi connectivity index (χ1v) is 8.35. The van der Waals surface area contributed by atoms with Gasteiger partial charge in [0.05, 0.1) is 5.69 Å². The highest BCUT2D eigenvalue weighted by Gasteiger charge is 2.10. The third-order valence-electron chi connectivity index (χ3n) is 3.67. The molecule has 2 aromatic carbocycles. The molecule has 0 N–H and O–H groups in total. The van der Waals surface area contributed by atoms with E-state index in [0.29, 0.717) is 17.0 Å². The largest absolute Gasteiger partial charge is 0.297 e. The Morgan fingerprint density at radius 1 is 1.04 bits per heavy atom. The van der Waals surface area contributed by atoms with Gasteiger partial charge in [-0.3, -0.25) is 4.40 Å². The Labute approximate surface area is 141 Å². The van der Waals surface area contributed by atoms with Crippen LogP contribution in [0, 0.1) is 5.82 Å². The number of benzene rings is 2. The molecule has 0 aliphatic heterocycles. The highest BCUT2D eigenvalue weighted by atomic mass is 35.5. The number of rotatable bonds is 3. The van der Waals surface area contributed by atoms with Gasteiger partial charge < -0.3 is 0 Å². The van der Waals surface area contributed by atoms with E-state index in [1.165, 1.54) is 6.07 Å². The minimum absolute atomic E-state index is 0.166. The molecule has 2 aromatic heterocycles. The van der Waals surface area contributed by atoms with E-state index in [0.717, 1.165) is 21.1 Å². The maximum atomic E-state index is 13.7. The molecule has 0 bridgehead atoms. The predicted molar refractivity (Wildman–Crippen MR) is 92.7 cm³/mol. The van der Waals surface area contributed by atoms with Gasteiger partial charge in [-0.2, -0.15) is 0 Å². The highest BCUT2D eigenvalue weighted by Crippen LogP contribution is 2.26. The zero-order valence-electron chi connectivity index (χ0n) is 12.0. The van der Waals surface area contributed by atoms with Gasteiger partial charge >= 0.3 is 0 Å². The predicted octanol–water partition coefficient (Wildman–Crippen LogP) is 5.45. The molecule has 4 rings (SSSR count). The zero-order chi connectivity index (χ0) is 15.8. The van der Waals surface area contributed by atoms with Crippen molar-refractivity contribution in [3.8, 4) is 11.3 Å². The Morgan fingerprint density at radius 2 is 1.83 bits per heavy atom. The van der Waals surface area contributed by atoms with Crippen molar-refractivity contribution in [2.75, 3.05) is 0 Å². The first-order chi connectivity index (χ1) is 11.2. The Morgan fingerprint density at radius 3 is 2.57 bits per heavy atom. The quantitative estimate of drug-likeness (QED) is 0.484. The van der Waals surface area contributed by atoms with Gasteiger partial charge in [0.25, 0.3) is 0 Å². The van der Waals surface area contributed by atoms with Gasteiger partial charge in [-0.05, 0) is 23.8 Å². The molecule has 0 aliphatic rings. The Kier molecular flexibility index (Phi) is 3.63. The fourth-order valence-corrected chi connectivity index (χ4v) is 3.62. The number of fused-ring (bicyclic) bond motifs is 1. The molecule has 0 atom stereocenters. The zero-order valence-corrected chi connectivity index (χ0v) is 13.6. The van der Waals surface area contributed by atoms with Crippen LogP contribution < -0.4 is 0 Å². The third kappa shape index (κ3) is 2.87. The van der Waals surface area contributed by atoms with Crippen molar-refractivity contribution in [1.29, 1.82) is 0 Å². The maximum absolute atomic E-state index is 13.7. The second kappa shape index (κ2) is 5.80. The maximum Gasteiger partial charge on any atom is 0.194 e. The van der Waals surface area contributed by atoms with E-state index in [2.05, 4.69) is 4.98 Å². The van der Waals surface area contributed by atoms with Crippen LogP contribution in [0.4, 0.5) is 4.39 Å². The highest BCUT2D eigenvalue weighted by molar-refractivity contribution is 7.17. The first kappa shape index (κ1) is 14.4. The molecule has 0 amide bonds. The van der Waals surface area contributed by atoms with Crippen LogP contribution in [0.2, 0.25) is 5.02 Å². The summed E-state index contributed by atoms with van der Waals surface area (Å²) in [6.45, 7) is 0. The summed E-state index contributed by atoms with van der Waals surface area (Å²) < 4.78 is 15.7. The molecule has 4 aromatic rings. The van der Waals surface area contributed by atoms with E-state index in [-0.39, 0.29) is 5.82 Å². The topological polar surface area (TPSA) is 17.3 Å². The van der Waals surface area contributed by atoms with Crippen LogP contribution in [0.5, 0.6) is 0 Å². The average molecular weight is 343 g/mol. The fraction of sp³-hybridized carbons (Fsp3) is 0.0556. The lowest BCUT2D eigenvalue weighted by atomic mass is 10.1. The van der Waals surface area contributed by atoms with E-state index in [1.54, 1.807) is 17.4 Å². The van der Waals surface area contributed by atoms with E-state index < -0.39 is 0 Å². The second-order valence-corrected chi connectivity index (χ2v) is 6.82. The Bertz CT molecular complexity index is 941. The summed E-state index contributed by atoms with van der Waals surface area (Å²) in [4.78, 5) is 6.63. The summed E-state index contributed by atoms with van der Waals surface area (Å²) in [5.74, 6) is -0.166. The number of nitrogens with zero attached hydrogens (tertiary/aromatic N) is 2. The number of imidazole rings is 1. The lowest BCUT2D eigenvalue weighted by Gasteiger charge is -1.99. The summed E-state index contributed by atoms with van der Waals surface area (Å²) in [5, 5.41) is 0.710. The molecule has 0 aliphatic carbocycles. The van der Waals surface area contributed by atoms with Crippen molar-refractivity contribution in [1.82, 2.24) is 9.38 Å². The third-order valence-corrected chi connectivity index (χ3v) is 4.91. The minimum Gasteiger partial charge on any atom is -0.297 e. The van der Waals surface area contributed by atoms with Crippen molar-refractivity contribution in [2.45, 2.75) is 6.42 Å². The van der Waals surface area contributed by atoms with Gasteiger partial charge in [0, 0.05) is 34.3 Å². The fourth-order valence-electron chi connectivity index (χ4n) is 2.51. The normalized spacial score (nSPS) is 11.2. The van der Waals surface area contributed by atoms with Crippen molar-refractivity contribution in [3.05, 3.63) is 82.2 Å². The minimum atomic E-state index is -0.166. The van der Waals surface area contributed by atoms with Crippen molar-refractivity contribution < 1.29 is 4.39 Å². The molecule has 0 spiro atoms. The summed E-state index contributed by atoms with van der Waals surface area (Å²) >= 11 is 7.49. The number of thiazole rings is 1. The molecule has 2 nitrogen and oxygen atoms in total. The number of halogens is 2. The molecule has 0 fully saturated rings. The Hall–Kier alpha value is -2.17. The molecule has 2 heterocycles. The van der Waals surface area contributed by atoms with E-state index >= 15 is 0 Å². The number of hydrogen-bond donors (Lipinski definition) is 0. The van der Waals surface area contributed by atoms with Crippen LogP contribution >= 0.6 is 22.9 Å². The van der Waals surface area contributed by atoms with E-state index in [1.807, 2.05) is 53.2 Å². The monoisotopic (exact) mass is 342 g/mol. The van der Waals surface area contributed by atoms with Crippen LogP contribution in [0.25, 0.3) is 16.2 Å². The van der Waals surface area contributed by atoms with Crippen LogP contribution in [-0.4, -0.2) is 9.38 Å². The van der Waals surface area contributed by atoms with Crippen molar-refractivity contribution >= 4 is 27.9 Å². The molecule has 0 saturated heterocycles. The second-order valence-electron chi connectivity index (χ2n) is 5.29. The standard InChI is InChI=1S/C18H12ClFN2S/c19-14-7-5-12(6-8-14)17-11-22-10-15(23-18(22)21-17)9-13-3-1-2-4-16(13)20/h1-8,10-11H,9H2. The van der Waals surface area contributed by atoms with Gasteiger partial charge in [-0.1, -0.05) is 41.9 Å². The smallest absolute Gasteiger partial charge is 0.194 e. The van der Waals surface area contributed by atoms with Gasteiger partial charge in [-0.15, -0.1) is 11.3 Å². The molecule has 23 heavy (non-hydrogen) atoms. The average Bonchev–Trinajstić information content (AvgIpc) is 3.09. The number of hydrogen-bond acceptors (Lipinski definition) is 2. The molecule has 114 valence electrons. The van der Waals surface area contributed by atoms with E-state index in [9.17, 15) is 4.39 Å². The Balaban J connectivity index is 1.64. The van der Waals surface area contributed by atoms with Crippen LogP contribution in [0.15, 0.2) is 60.9 Å². The molecular weight excluding hydrogens is 331 g/mol. The SMILES string of the molecule is Fc1ccccc1Cc1cn2cc(-c3ccc(Cl)cc3)nc2s1. The lowest BCUT2D eigenvalue weighted by molar-refractivity contribution is 0.614. The van der Waals surface area contributed by atoms with Gasteiger partial charge in [0.2, 0.25) is 0 Å². The molecule has 0 saturated carbocycles. The summed E-state index contributed by atoms with van der Waals surface area (Å²) in [6, 6.07) is 14.5. The van der Waals surface area contributed by atoms with Gasteiger partial charge in [0.1, 0.15) is 5.82 Å². The summed E-state index contributed by atoms with van der Waals surface area (Å²) in [7, 11) is 0. The number of aromatic nitrogens is 2. The molecule has 0 unspecified atom stereocenters.